The van der Waals surface area contributed by atoms with Gasteiger partial charge in [0.15, 0.2) is 0 Å². The van der Waals surface area contributed by atoms with Crippen LogP contribution in [0.5, 0.6) is 0 Å². The Kier molecular flexibility index (Phi) is 2.98. The van der Waals surface area contributed by atoms with Gasteiger partial charge in [0.2, 0.25) is 0 Å². The number of rotatable bonds is 1. The van der Waals surface area contributed by atoms with Crippen molar-refractivity contribution in [3.05, 3.63) is 5.92 Å². The third-order valence-electron chi connectivity index (χ3n) is 2.34. The van der Waals surface area contributed by atoms with Crippen molar-refractivity contribution in [2.75, 3.05) is 0 Å². The minimum atomic E-state index is 0.521. The zero-order valence-electron chi connectivity index (χ0n) is 8.24. The molecule has 0 heterocycles. The van der Waals surface area contributed by atoms with E-state index in [0.29, 0.717) is 5.41 Å². The van der Waals surface area contributed by atoms with Crippen LogP contribution in [0.2, 0.25) is 0 Å². The van der Waals surface area contributed by atoms with Gasteiger partial charge in [-0.2, -0.15) is 0 Å². The van der Waals surface area contributed by atoms with Gasteiger partial charge in [0.1, 0.15) is 0 Å². The fraction of sp³-hybridized carbons (Fsp3) is 0.909. The van der Waals surface area contributed by atoms with Gasteiger partial charge in [-0.1, -0.05) is 40.0 Å². The second-order valence-electron chi connectivity index (χ2n) is 5.05. The average Bonchev–Trinajstić information content (AvgIpc) is 1.85. The summed E-state index contributed by atoms with van der Waals surface area (Å²) in [5, 5.41) is 0. The van der Waals surface area contributed by atoms with E-state index in [1.165, 1.54) is 38.5 Å². The smallest absolute Gasteiger partial charge is 0.0236 e. The van der Waals surface area contributed by atoms with Crippen LogP contribution in [0, 0.1) is 11.3 Å². The lowest BCUT2D eigenvalue weighted by molar-refractivity contribution is 0.349. The highest BCUT2D eigenvalue weighted by atomic mass is 14.3. The van der Waals surface area contributed by atoms with Crippen LogP contribution < -0.4 is 0 Å². The van der Waals surface area contributed by atoms with Crippen molar-refractivity contribution < 1.29 is 0 Å². The van der Waals surface area contributed by atoms with E-state index in [0.717, 1.165) is 0 Å². The van der Waals surface area contributed by atoms with E-state index >= 15 is 0 Å². The molecule has 0 aromatic heterocycles. The van der Waals surface area contributed by atoms with Crippen LogP contribution >= 0.6 is 0 Å². The van der Waals surface area contributed by atoms with Crippen LogP contribution in [0.3, 0.4) is 0 Å². The van der Waals surface area contributed by atoms with Crippen molar-refractivity contribution in [2.24, 2.45) is 5.41 Å². The van der Waals surface area contributed by atoms with Gasteiger partial charge in [-0.15, -0.1) is 0 Å². The first-order chi connectivity index (χ1) is 5.08. The normalized spacial score (nSPS) is 22.1. The molecule has 11 heavy (non-hydrogen) atoms. The van der Waals surface area contributed by atoms with Crippen LogP contribution in [0.15, 0.2) is 0 Å². The Labute approximate surface area is 71.4 Å². The van der Waals surface area contributed by atoms with Crippen LogP contribution in [0.1, 0.15) is 59.3 Å². The Morgan fingerprint density at radius 2 is 1.55 bits per heavy atom. The van der Waals surface area contributed by atoms with E-state index in [-0.39, 0.29) is 0 Å². The summed E-state index contributed by atoms with van der Waals surface area (Å²) in [6.07, 6.45) is 8.55. The van der Waals surface area contributed by atoms with Crippen molar-refractivity contribution in [2.45, 2.75) is 59.3 Å². The van der Waals surface area contributed by atoms with Gasteiger partial charge in [0.25, 0.3) is 0 Å². The second-order valence-corrected chi connectivity index (χ2v) is 5.05. The fourth-order valence-corrected chi connectivity index (χ4v) is 1.98. The SMILES string of the molecule is CC(C)(C)C[C]1CCCCC1. The number of hydrogen-bond acceptors (Lipinski definition) is 0. The predicted molar refractivity (Wildman–Crippen MR) is 50.4 cm³/mol. The highest BCUT2D eigenvalue weighted by molar-refractivity contribution is 4.95. The molecule has 1 aliphatic rings. The lowest BCUT2D eigenvalue weighted by atomic mass is 9.78. The van der Waals surface area contributed by atoms with Gasteiger partial charge in [-0.25, -0.2) is 0 Å². The summed E-state index contributed by atoms with van der Waals surface area (Å²) in [6.45, 7) is 7.03. The molecule has 1 radical (unpaired) electrons. The van der Waals surface area contributed by atoms with E-state index in [2.05, 4.69) is 20.8 Å². The molecule has 0 spiro atoms. The average molecular weight is 153 g/mol. The summed E-state index contributed by atoms with van der Waals surface area (Å²) in [6, 6.07) is 0. The third kappa shape index (κ3) is 3.79. The predicted octanol–water partition coefficient (Wildman–Crippen LogP) is 3.96. The van der Waals surface area contributed by atoms with E-state index in [1.54, 1.807) is 0 Å². The minimum Gasteiger partial charge on any atom is -0.0602 e. The molecule has 0 bridgehead atoms. The van der Waals surface area contributed by atoms with Crippen molar-refractivity contribution in [1.82, 2.24) is 0 Å². The maximum atomic E-state index is 2.34. The van der Waals surface area contributed by atoms with Crippen molar-refractivity contribution >= 4 is 0 Å². The van der Waals surface area contributed by atoms with E-state index in [1.807, 2.05) is 5.92 Å². The van der Waals surface area contributed by atoms with Crippen LogP contribution in [-0.4, -0.2) is 0 Å². The lowest BCUT2D eigenvalue weighted by Gasteiger charge is -2.28. The molecular formula is C11H21. The van der Waals surface area contributed by atoms with Crippen LogP contribution in [0.4, 0.5) is 0 Å². The molecule has 0 amide bonds. The topological polar surface area (TPSA) is 0 Å². The Balaban J connectivity index is 2.24. The molecule has 0 atom stereocenters. The summed E-state index contributed by atoms with van der Waals surface area (Å²) in [7, 11) is 0. The quantitative estimate of drug-likeness (QED) is 0.535. The van der Waals surface area contributed by atoms with Gasteiger partial charge in [0, 0.05) is 0 Å². The van der Waals surface area contributed by atoms with E-state index in [9.17, 15) is 0 Å². The highest BCUT2D eigenvalue weighted by Crippen LogP contribution is 2.35. The lowest BCUT2D eigenvalue weighted by Crippen LogP contribution is -2.13. The van der Waals surface area contributed by atoms with Crippen molar-refractivity contribution in [1.29, 1.82) is 0 Å². The van der Waals surface area contributed by atoms with Gasteiger partial charge in [0.05, 0.1) is 0 Å². The van der Waals surface area contributed by atoms with Crippen molar-refractivity contribution in [3.63, 3.8) is 0 Å². The molecule has 1 fully saturated rings. The molecule has 0 aromatic rings. The monoisotopic (exact) mass is 153 g/mol. The van der Waals surface area contributed by atoms with Crippen molar-refractivity contribution in [3.8, 4) is 0 Å². The molecule has 65 valence electrons. The largest absolute Gasteiger partial charge is 0.0602 e. The molecule has 1 saturated carbocycles. The summed E-state index contributed by atoms with van der Waals surface area (Å²) < 4.78 is 0. The minimum absolute atomic E-state index is 0.521. The van der Waals surface area contributed by atoms with E-state index in [4.69, 9.17) is 0 Å². The van der Waals surface area contributed by atoms with Crippen LogP contribution in [0.25, 0.3) is 0 Å². The van der Waals surface area contributed by atoms with Gasteiger partial charge < -0.3 is 0 Å². The molecule has 1 aliphatic carbocycles. The van der Waals surface area contributed by atoms with E-state index < -0.39 is 0 Å². The molecule has 0 aliphatic heterocycles. The van der Waals surface area contributed by atoms with Gasteiger partial charge in [-0.3, -0.25) is 0 Å². The molecule has 0 unspecified atom stereocenters. The first-order valence-corrected chi connectivity index (χ1v) is 4.91. The number of hydrogen-bond donors (Lipinski definition) is 0. The highest BCUT2D eigenvalue weighted by Gasteiger charge is 2.20. The Morgan fingerprint density at radius 3 is 2.00 bits per heavy atom. The third-order valence-corrected chi connectivity index (χ3v) is 2.34. The van der Waals surface area contributed by atoms with Gasteiger partial charge >= 0.3 is 0 Å². The molecule has 0 nitrogen and oxygen atoms in total. The molecular weight excluding hydrogens is 132 g/mol. The molecule has 0 heteroatoms. The molecule has 0 saturated heterocycles. The Morgan fingerprint density at radius 1 is 1.00 bits per heavy atom. The summed E-state index contributed by atoms with van der Waals surface area (Å²) in [5.74, 6) is 1.82. The summed E-state index contributed by atoms with van der Waals surface area (Å²) >= 11 is 0. The Bertz CT molecular complexity index is 102. The molecule has 0 aromatic carbocycles. The molecule has 1 rings (SSSR count). The maximum Gasteiger partial charge on any atom is -0.0236 e. The summed E-state index contributed by atoms with van der Waals surface area (Å²) in [4.78, 5) is 0. The van der Waals surface area contributed by atoms with Crippen LogP contribution in [-0.2, 0) is 0 Å². The zero-order valence-corrected chi connectivity index (χ0v) is 8.24. The molecule has 0 N–H and O–H groups in total. The zero-order chi connectivity index (χ0) is 8.32. The first-order valence-electron chi connectivity index (χ1n) is 4.91. The standard InChI is InChI=1S/C11H21/c1-11(2,3)9-10-7-5-4-6-8-10/h4-9H2,1-3H3. The maximum absolute atomic E-state index is 2.34. The summed E-state index contributed by atoms with van der Waals surface area (Å²) in [5.41, 5.74) is 0.521. The Hall–Kier alpha value is 0. The van der Waals surface area contributed by atoms with Gasteiger partial charge in [-0.05, 0) is 30.6 Å². The fourth-order valence-electron chi connectivity index (χ4n) is 1.98. The second kappa shape index (κ2) is 3.60. The first kappa shape index (κ1) is 9.09.